The van der Waals surface area contributed by atoms with Crippen LogP contribution in [0.3, 0.4) is 0 Å². The van der Waals surface area contributed by atoms with Crippen LogP contribution in [0.4, 0.5) is 10.3 Å². The number of anilines is 1. The third-order valence-electron chi connectivity index (χ3n) is 5.32. The highest BCUT2D eigenvalue weighted by Gasteiger charge is 2.16. The van der Waals surface area contributed by atoms with Crippen LogP contribution in [0.5, 0.6) is 0 Å². The lowest BCUT2D eigenvalue weighted by Crippen LogP contribution is -2.14. The first-order valence-corrected chi connectivity index (χ1v) is 11.0. The zero-order valence-corrected chi connectivity index (χ0v) is 18.9. The summed E-state index contributed by atoms with van der Waals surface area (Å²) in [5.74, 6) is -0.629. The van der Waals surface area contributed by atoms with Crippen molar-refractivity contribution in [3.8, 4) is 11.3 Å². The van der Waals surface area contributed by atoms with Crippen molar-refractivity contribution in [1.82, 2.24) is 29.5 Å². The van der Waals surface area contributed by atoms with Gasteiger partial charge in [0.25, 0.3) is 5.91 Å². The summed E-state index contributed by atoms with van der Waals surface area (Å²) in [6.07, 6.45) is 5.10. The standard InChI is InChI=1S/C24H19ClFN7O/c1-2-32-13-16(11-28-32)22-10-19(18-5-3-4-6-21(18)29-22)23(34)30-24-27-14-33(31-24)12-15-7-8-17(26)9-20(15)25/h3-11,13-14H,2,12H2,1H3,(H,30,31,34). The van der Waals surface area contributed by atoms with E-state index in [0.717, 1.165) is 12.1 Å². The van der Waals surface area contributed by atoms with E-state index in [0.29, 0.717) is 32.7 Å². The number of nitrogens with zero attached hydrogens (tertiary/aromatic N) is 6. The van der Waals surface area contributed by atoms with Crippen molar-refractivity contribution < 1.29 is 9.18 Å². The summed E-state index contributed by atoms with van der Waals surface area (Å²) in [5.41, 5.74) is 3.29. The molecule has 1 amide bonds. The van der Waals surface area contributed by atoms with Crippen molar-refractivity contribution in [3.63, 3.8) is 0 Å². The molecule has 0 saturated carbocycles. The second-order valence-electron chi connectivity index (χ2n) is 7.61. The summed E-state index contributed by atoms with van der Waals surface area (Å²) >= 11 is 6.10. The maximum atomic E-state index is 13.3. The Kier molecular flexibility index (Phi) is 5.77. The second kappa shape index (κ2) is 9.03. The molecule has 170 valence electrons. The summed E-state index contributed by atoms with van der Waals surface area (Å²) < 4.78 is 16.6. The average Bonchev–Trinajstić information content (AvgIpc) is 3.49. The van der Waals surface area contributed by atoms with Gasteiger partial charge in [-0.2, -0.15) is 5.10 Å². The van der Waals surface area contributed by atoms with Crippen molar-refractivity contribution in [3.05, 3.63) is 89.2 Å². The number of para-hydroxylation sites is 1. The molecular formula is C24H19ClFN7O. The van der Waals surface area contributed by atoms with Crippen LogP contribution >= 0.6 is 11.6 Å². The first-order chi connectivity index (χ1) is 16.5. The highest BCUT2D eigenvalue weighted by molar-refractivity contribution is 6.31. The van der Waals surface area contributed by atoms with E-state index < -0.39 is 5.82 Å². The van der Waals surface area contributed by atoms with E-state index >= 15 is 0 Å². The van der Waals surface area contributed by atoms with Crippen molar-refractivity contribution in [2.24, 2.45) is 0 Å². The Bertz CT molecular complexity index is 1510. The average molecular weight is 476 g/mol. The number of carbonyl (C=O) groups excluding carboxylic acids is 1. The topological polar surface area (TPSA) is 90.5 Å². The fourth-order valence-corrected chi connectivity index (χ4v) is 3.83. The Morgan fingerprint density at radius 1 is 1.15 bits per heavy atom. The molecule has 10 heteroatoms. The van der Waals surface area contributed by atoms with Gasteiger partial charge in [0.05, 0.1) is 29.5 Å². The zero-order chi connectivity index (χ0) is 23.7. The summed E-state index contributed by atoms with van der Waals surface area (Å²) in [5, 5.41) is 12.4. The number of hydrogen-bond acceptors (Lipinski definition) is 5. The van der Waals surface area contributed by atoms with Crippen LogP contribution in [0.15, 0.2) is 67.3 Å². The van der Waals surface area contributed by atoms with Crippen LogP contribution in [-0.4, -0.2) is 35.4 Å². The molecule has 0 aliphatic heterocycles. The Labute approximate surface area is 199 Å². The molecule has 3 aromatic heterocycles. The molecule has 5 aromatic rings. The molecule has 5 rings (SSSR count). The van der Waals surface area contributed by atoms with Gasteiger partial charge in [-0.3, -0.25) is 14.8 Å². The Hall–Kier alpha value is -4.11. The Morgan fingerprint density at radius 3 is 2.79 bits per heavy atom. The van der Waals surface area contributed by atoms with E-state index in [9.17, 15) is 9.18 Å². The van der Waals surface area contributed by atoms with Crippen LogP contribution in [-0.2, 0) is 13.1 Å². The van der Waals surface area contributed by atoms with Crippen molar-refractivity contribution in [1.29, 1.82) is 0 Å². The monoisotopic (exact) mass is 475 g/mol. The third-order valence-corrected chi connectivity index (χ3v) is 5.67. The minimum absolute atomic E-state index is 0.143. The molecule has 0 atom stereocenters. The van der Waals surface area contributed by atoms with Crippen LogP contribution in [0.2, 0.25) is 5.02 Å². The van der Waals surface area contributed by atoms with E-state index in [2.05, 4.69) is 20.5 Å². The molecule has 1 N–H and O–H groups in total. The maximum Gasteiger partial charge on any atom is 0.258 e. The van der Waals surface area contributed by atoms with Crippen LogP contribution < -0.4 is 5.32 Å². The lowest BCUT2D eigenvalue weighted by molar-refractivity contribution is 0.102. The molecule has 0 aliphatic carbocycles. The molecule has 0 fully saturated rings. The molecule has 8 nitrogen and oxygen atoms in total. The quantitative estimate of drug-likeness (QED) is 0.381. The predicted molar refractivity (Wildman–Crippen MR) is 127 cm³/mol. The van der Waals surface area contributed by atoms with Gasteiger partial charge in [0, 0.05) is 28.7 Å². The molecule has 0 saturated heterocycles. The number of halogens is 2. The van der Waals surface area contributed by atoms with Gasteiger partial charge < -0.3 is 0 Å². The van der Waals surface area contributed by atoms with Crippen LogP contribution in [0.25, 0.3) is 22.2 Å². The second-order valence-corrected chi connectivity index (χ2v) is 8.02. The van der Waals surface area contributed by atoms with Gasteiger partial charge in [0.15, 0.2) is 0 Å². The minimum Gasteiger partial charge on any atom is -0.289 e. The van der Waals surface area contributed by atoms with Crippen molar-refractivity contribution in [2.75, 3.05) is 5.32 Å². The zero-order valence-electron chi connectivity index (χ0n) is 18.1. The number of pyridine rings is 1. The Balaban J connectivity index is 1.42. The first kappa shape index (κ1) is 21.7. The van der Waals surface area contributed by atoms with Crippen LogP contribution in [0, 0.1) is 5.82 Å². The number of amides is 1. The van der Waals surface area contributed by atoms with E-state index in [-0.39, 0.29) is 18.4 Å². The Morgan fingerprint density at radius 2 is 2.00 bits per heavy atom. The van der Waals surface area contributed by atoms with Gasteiger partial charge in [-0.1, -0.05) is 35.9 Å². The molecule has 0 bridgehead atoms. The number of carbonyl (C=O) groups is 1. The van der Waals surface area contributed by atoms with E-state index in [1.807, 2.05) is 37.4 Å². The first-order valence-electron chi connectivity index (χ1n) is 10.6. The summed E-state index contributed by atoms with van der Waals surface area (Å²) in [6.45, 7) is 3.02. The number of rotatable bonds is 6. The van der Waals surface area contributed by atoms with Gasteiger partial charge >= 0.3 is 0 Å². The van der Waals surface area contributed by atoms with E-state index in [4.69, 9.17) is 16.6 Å². The van der Waals surface area contributed by atoms with E-state index in [1.165, 1.54) is 23.1 Å². The molecule has 0 aliphatic rings. The molecular weight excluding hydrogens is 457 g/mol. The van der Waals surface area contributed by atoms with Gasteiger partial charge in [-0.25, -0.2) is 19.0 Å². The summed E-state index contributed by atoms with van der Waals surface area (Å²) in [4.78, 5) is 22.1. The SMILES string of the molecule is CCn1cc(-c2cc(C(=O)Nc3ncn(Cc4ccc(F)cc4Cl)n3)c3ccccc3n2)cn1. The lowest BCUT2D eigenvalue weighted by atomic mass is 10.1. The van der Waals surface area contributed by atoms with Gasteiger partial charge in [0.2, 0.25) is 5.95 Å². The number of fused-ring (bicyclic) bond motifs is 1. The normalized spacial score (nSPS) is 11.1. The summed E-state index contributed by atoms with van der Waals surface area (Å²) in [7, 11) is 0. The van der Waals surface area contributed by atoms with Gasteiger partial charge in [0.1, 0.15) is 12.1 Å². The maximum absolute atomic E-state index is 13.3. The van der Waals surface area contributed by atoms with Crippen molar-refractivity contribution in [2.45, 2.75) is 20.0 Å². The fourth-order valence-electron chi connectivity index (χ4n) is 3.60. The smallest absolute Gasteiger partial charge is 0.258 e. The summed E-state index contributed by atoms with van der Waals surface area (Å²) in [6, 6.07) is 13.3. The number of nitrogens with one attached hydrogen (secondary N) is 1. The number of benzene rings is 2. The molecule has 2 aromatic carbocycles. The number of hydrogen-bond donors (Lipinski definition) is 1. The molecule has 0 radical (unpaired) electrons. The van der Waals surface area contributed by atoms with E-state index in [1.54, 1.807) is 23.0 Å². The number of aromatic nitrogens is 6. The molecule has 3 heterocycles. The van der Waals surface area contributed by atoms with Gasteiger partial charge in [-0.05, 0) is 36.8 Å². The highest BCUT2D eigenvalue weighted by atomic mass is 35.5. The van der Waals surface area contributed by atoms with Crippen LogP contribution in [0.1, 0.15) is 22.8 Å². The minimum atomic E-state index is -0.411. The molecule has 0 unspecified atom stereocenters. The largest absolute Gasteiger partial charge is 0.289 e. The lowest BCUT2D eigenvalue weighted by Gasteiger charge is -2.08. The van der Waals surface area contributed by atoms with Crippen molar-refractivity contribution >= 4 is 34.4 Å². The molecule has 34 heavy (non-hydrogen) atoms. The fraction of sp³-hybridized carbons (Fsp3) is 0.125. The number of aryl methyl sites for hydroxylation is 1. The molecule has 0 spiro atoms. The van der Waals surface area contributed by atoms with Gasteiger partial charge in [-0.15, -0.1) is 5.10 Å². The third kappa shape index (κ3) is 4.38. The highest BCUT2D eigenvalue weighted by Crippen LogP contribution is 2.25. The predicted octanol–water partition coefficient (Wildman–Crippen LogP) is 4.80.